The van der Waals surface area contributed by atoms with Crippen LogP contribution >= 0.6 is 0 Å². The highest BCUT2D eigenvalue weighted by atomic mass is 16.5. The smallest absolute Gasteiger partial charge is 0.337 e. The van der Waals surface area contributed by atoms with Crippen LogP contribution < -0.4 is 4.74 Å². The molecule has 2 aliphatic rings. The number of nitriles is 1. The summed E-state index contributed by atoms with van der Waals surface area (Å²) in [5.74, 6) is 1.19. The van der Waals surface area contributed by atoms with Gasteiger partial charge in [-0.3, -0.25) is 0 Å². The molecular weight excluding hydrogens is 332 g/mol. The molecule has 0 aromatic heterocycles. The molecule has 1 heterocycles. The first-order valence-corrected chi connectivity index (χ1v) is 9.23. The van der Waals surface area contributed by atoms with Crippen LogP contribution in [0.5, 0.6) is 5.75 Å². The Morgan fingerprint density at radius 3 is 2.85 bits per heavy atom. The molecule has 6 nitrogen and oxygen atoms in total. The van der Waals surface area contributed by atoms with Crippen LogP contribution in [0.3, 0.4) is 0 Å². The highest BCUT2D eigenvalue weighted by Gasteiger charge is 2.42. The second kappa shape index (κ2) is 8.52. The van der Waals surface area contributed by atoms with E-state index in [0.717, 1.165) is 38.9 Å². The lowest BCUT2D eigenvalue weighted by molar-refractivity contribution is -0.0231. The van der Waals surface area contributed by atoms with E-state index < -0.39 is 12.1 Å². The van der Waals surface area contributed by atoms with E-state index in [1.807, 2.05) is 0 Å². The molecule has 1 aromatic rings. The molecule has 6 heteroatoms. The predicted molar refractivity (Wildman–Crippen MR) is 95.7 cm³/mol. The van der Waals surface area contributed by atoms with Crippen molar-refractivity contribution in [3.63, 3.8) is 0 Å². The molecule has 1 aliphatic heterocycles. The third kappa shape index (κ3) is 4.35. The lowest BCUT2D eigenvalue weighted by atomic mass is 9.78. The van der Waals surface area contributed by atoms with Crippen LogP contribution in [0, 0.1) is 23.2 Å². The number of carbonyl (C=O) groups excluding carboxylic acids is 1. The molecule has 0 spiro atoms. The topological polar surface area (TPSA) is 82.8 Å². The van der Waals surface area contributed by atoms with Crippen molar-refractivity contribution >= 4 is 5.97 Å². The summed E-state index contributed by atoms with van der Waals surface area (Å²) in [6, 6.07) is 9.09. The molecule has 1 N–H and O–H groups in total. The largest absolute Gasteiger partial charge is 0.488 e. The second-order valence-electron chi connectivity index (χ2n) is 7.26. The maximum absolute atomic E-state index is 11.7. The number of unbranched alkanes of at least 4 members (excludes halogenated alkanes) is 1. The minimum Gasteiger partial charge on any atom is -0.488 e. The average Bonchev–Trinajstić information content (AvgIpc) is 3.03. The van der Waals surface area contributed by atoms with Crippen LogP contribution in [0.2, 0.25) is 0 Å². The molecular formula is C20H26N2O4. The maximum atomic E-state index is 11.7. The Morgan fingerprint density at radius 2 is 2.12 bits per heavy atom. The van der Waals surface area contributed by atoms with E-state index in [2.05, 4.69) is 11.0 Å². The van der Waals surface area contributed by atoms with Crippen molar-refractivity contribution in [3.8, 4) is 11.8 Å². The SMILES string of the molecule is COC(=O)c1cccc(O[C@@H]2C[C@@H]3CN(CCCC#N)C[C@@H]3C[C@H]2O)c1. The van der Waals surface area contributed by atoms with Crippen molar-refractivity contribution in [1.29, 1.82) is 5.26 Å². The van der Waals surface area contributed by atoms with Gasteiger partial charge in [-0.05, 0) is 55.8 Å². The van der Waals surface area contributed by atoms with Crippen molar-refractivity contribution < 1.29 is 19.4 Å². The fourth-order valence-electron chi connectivity index (χ4n) is 4.17. The molecule has 1 saturated carbocycles. The summed E-state index contributed by atoms with van der Waals surface area (Å²) in [6.07, 6.45) is 2.28. The Bertz CT molecular complexity index is 672. The summed E-state index contributed by atoms with van der Waals surface area (Å²) < 4.78 is 10.8. The molecule has 3 rings (SSSR count). The summed E-state index contributed by atoms with van der Waals surface area (Å²) >= 11 is 0. The number of ether oxygens (including phenoxy) is 2. The number of methoxy groups -OCH3 is 1. The highest BCUT2D eigenvalue weighted by Crippen LogP contribution is 2.38. The quantitative estimate of drug-likeness (QED) is 0.620. The number of benzene rings is 1. The van der Waals surface area contributed by atoms with Crippen molar-refractivity contribution in [1.82, 2.24) is 4.90 Å². The lowest BCUT2D eigenvalue weighted by Gasteiger charge is -2.35. The zero-order valence-corrected chi connectivity index (χ0v) is 15.1. The van der Waals surface area contributed by atoms with E-state index in [0.29, 0.717) is 29.6 Å². The van der Waals surface area contributed by atoms with Crippen LogP contribution in [0.4, 0.5) is 0 Å². The molecule has 0 amide bonds. The first kappa shape index (κ1) is 18.7. The van der Waals surface area contributed by atoms with Crippen LogP contribution in [-0.2, 0) is 4.74 Å². The van der Waals surface area contributed by atoms with Crippen LogP contribution in [0.25, 0.3) is 0 Å². The third-order valence-corrected chi connectivity index (χ3v) is 5.47. The van der Waals surface area contributed by atoms with Crippen molar-refractivity contribution in [3.05, 3.63) is 29.8 Å². The standard InChI is InChI=1S/C20H26N2O4/c1-25-20(24)14-5-4-6-17(9-14)26-19-11-16-13-22(8-3-2-7-21)12-15(16)10-18(19)23/h4-6,9,15-16,18-19,23H,2-3,8,10-13H2,1H3/t15-,16+,18+,19+/m0/s1. The Balaban J connectivity index is 1.59. The molecule has 0 radical (unpaired) electrons. The molecule has 0 bridgehead atoms. The summed E-state index contributed by atoms with van der Waals surface area (Å²) in [5.41, 5.74) is 0.442. The number of rotatable bonds is 6. The number of hydrogen-bond acceptors (Lipinski definition) is 6. The van der Waals surface area contributed by atoms with Gasteiger partial charge in [0.25, 0.3) is 0 Å². The predicted octanol–water partition coefficient (Wildman–Crippen LogP) is 2.23. The molecule has 1 saturated heterocycles. The number of fused-ring (bicyclic) bond motifs is 1. The highest BCUT2D eigenvalue weighted by molar-refractivity contribution is 5.89. The molecule has 2 fully saturated rings. The zero-order valence-electron chi connectivity index (χ0n) is 15.1. The third-order valence-electron chi connectivity index (χ3n) is 5.47. The summed E-state index contributed by atoms with van der Waals surface area (Å²) in [4.78, 5) is 14.1. The Hall–Kier alpha value is -2.10. The molecule has 0 unspecified atom stereocenters. The first-order valence-electron chi connectivity index (χ1n) is 9.23. The van der Waals surface area contributed by atoms with Gasteiger partial charge in [-0.15, -0.1) is 0 Å². The molecule has 1 aliphatic carbocycles. The fourth-order valence-corrected chi connectivity index (χ4v) is 4.17. The fraction of sp³-hybridized carbons (Fsp3) is 0.600. The normalized spacial score (nSPS) is 28.2. The van der Waals surface area contributed by atoms with Crippen LogP contribution in [-0.4, -0.2) is 54.9 Å². The molecule has 4 atom stereocenters. The Morgan fingerprint density at radius 1 is 1.35 bits per heavy atom. The number of esters is 1. The summed E-state index contributed by atoms with van der Waals surface area (Å²) in [5, 5.41) is 19.2. The van der Waals surface area contributed by atoms with Gasteiger partial charge in [0.1, 0.15) is 11.9 Å². The average molecular weight is 358 g/mol. The number of aliphatic hydroxyl groups excluding tert-OH is 1. The van der Waals surface area contributed by atoms with Gasteiger partial charge in [0, 0.05) is 19.5 Å². The molecule has 140 valence electrons. The van der Waals surface area contributed by atoms with E-state index in [-0.39, 0.29) is 6.10 Å². The minimum atomic E-state index is -0.503. The minimum absolute atomic E-state index is 0.261. The van der Waals surface area contributed by atoms with Gasteiger partial charge in [0.05, 0.1) is 24.8 Å². The van der Waals surface area contributed by atoms with Crippen LogP contribution in [0.15, 0.2) is 24.3 Å². The second-order valence-corrected chi connectivity index (χ2v) is 7.26. The monoisotopic (exact) mass is 358 g/mol. The number of aliphatic hydroxyl groups is 1. The van der Waals surface area contributed by atoms with E-state index in [4.69, 9.17) is 14.7 Å². The van der Waals surface area contributed by atoms with Crippen LogP contribution in [0.1, 0.15) is 36.0 Å². The van der Waals surface area contributed by atoms with Gasteiger partial charge in [-0.2, -0.15) is 5.26 Å². The van der Waals surface area contributed by atoms with Gasteiger partial charge in [0.2, 0.25) is 0 Å². The van der Waals surface area contributed by atoms with Gasteiger partial charge >= 0.3 is 5.97 Å². The molecule has 26 heavy (non-hydrogen) atoms. The van der Waals surface area contributed by atoms with Gasteiger partial charge in [-0.25, -0.2) is 4.79 Å². The van der Waals surface area contributed by atoms with E-state index >= 15 is 0 Å². The first-order chi connectivity index (χ1) is 12.6. The number of likely N-dealkylation sites (tertiary alicyclic amines) is 1. The number of carbonyl (C=O) groups is 1. The Kier molecular flexibility index (Phi) is 6.12. The summed E-state index contributed by atoms with van der Waals surface area (Å²) in [6.45, 7) is 2.95. The summed E-state index contributed by atoms with van der Waals surface area (Å²) in [7, 11) is 1.35. The van der Waals surface area contributed by atoms with Crippen molar-refractivity contribution in [2.75, 3.05) is 26.7 Å². The van der Waals surface area contributed by atoms with E-state index in [1.54, 1.807) is 24.3 Å². The van der Waals surface area contributed by atoms with Gasteiger partial charge < -0.3 is 19.5 Å². The van der Waals surface area contributed by atoms with E-state index in [9.17, 15) is 9.90 Å². The number of nitrogens with zero attached hydrogens (tertiary/aromatic N) is 2. The van der Waals surface area contributed by atoms with Gasteiger partial charge in [-0.1, -0.05) is 6.07 Å². The van der Waals surface area contributed by atoms with Crippen molar-refractivity contribution in [2.45, 2.75) is 37.9 Å². The van der Waals surface area contributed by atoms with E-state index in [1.165, 1.54) is 7.11 Å². The lowest BCUT2D eigenvalue weighted by Crippen LogP contribution is -2.42. The number of hydrogen-bond donors (Lipinski definition) is 1. The Labute approximate surface area is 154 Å². The van der Waals surface area contributed by atoms with Crippen molar-refractivity contribution in [2.24, 2.45) is 11.8 Å². The van der Waals surface area contributed by atoms with Gasteiger partial charge in [0.15, 0.2) is 0 Å². The maximum Gasteiger partial charge on any atom is 0.337 e. The zero-order chi connectivity index (χ0) is 18.5. The molecule has 1 aromatic carbocycles.